The van der Waals surface area contributed by atoms with Crippen LogP contribution >= 0.6 is 7.60 Å². The quantitative estimate of drug-likeness (QED) is 0.202. The summed E-state index contributed by atoms with van der Waals surface area (Å²) >= 11 is 0. The number of hydrogen-bond acceptors (Lipinski definition) is 7. The summed E-state index contributed by atoms with van der Waals surface area (Å²) < 4.78 is 22.5. The number of carboxylic acid groups (broad SMARTS) is 1. The zero-order valence-electron chi connectivity index (χ0n) is 18.4. The number of esters is 1. The Kier molecular flexibility index (Phi) is 9.12. The van der Waals surface area contributed by atoms with Crippen LogP contribution in [-0.2, 0) is 18.6 Å². The summed E-state index contributed by atoms with van der Waals surface area (Å²) in [5.41, 5.74) is 5.70. The van der Waals surface area contributed by atoms with Crippen molar-refractivity contribution < 1.29 is 42.7 Å². The zero-order valence-corrected chi connectivity index (χ0v) is 19.3. The van der Waals surface area contributed by atoms with Gasteiger partial charge < -0.3 is 20.5 Å². The third-order valence-corrected chi connectivity index (χ3v) is 7.42. The minimum absolute atomic E-state index is 0.0277. The molecule has 0 saturated carbocycles. The number of carbonyl (C=O) groups is 3. The molecule has 0 bridgehead atoms. The van der Waals surface area contributed by atoms with Gasteiger partial charge in [0.15, 0.2) is 11.9 Å². The van der Waals surface area contributed by atoms with Crippen LogP contribution in [-0.4, -0.2) is 63.5 Å². The molecule has 0 aliphatic carbocycles. The molecule has 2 rings (SSSR count). The molecule has 1 fully saturated rings. The van der Waals surface area contributed by atoms with Crippen molar-refractivity contribution >= 4 is 25.6 Å². The van der Waals surface area contributed by atoms with Gasteiger partial charge in [-0.15, -0.1) is 0 Å². The topological polar surface area (TPSA) is 153 Å². The van der Waals surface area contributed by atoms with Crippen LogP contribution in [0.25, 0.3) is 0 Å². The summed E-state index contributed by atoms with van der Waals surface area (Å²) in [6.07, 6.45) is -0.731. The van der Waals surface area contributed by atoms with E-state index in [4.69, 9.17) is 15.0 Å². The fourth-order valence-electron chi connectivity index (χ4n) is 3.87. The minimum atomic E-state index is -4.63. The van der Waals surface area contributed by atoms with Gasteiger partial charge in [0.2, 0.25) is 0 Å². The summed E-state index contributed by atoms with van der Waals surface area (Å²) in [4.78, 5) is 48.2. The fraction of sp³-hybridized carbons (Fsp3) is 0.571. The molecule has 3 unspecified atom stereocenters. The van der Waals surface area contributed by atoms with E-state index in [9.17, 15) is 28.9 Å². The standard InChI is InChI=1S/C21H31N2O8P/c1-15-9-8-14-23(15,21(26)27)19(24)18(12-6-7-13-22)31-32(28,29)16(2)30-20(25)17-10-4-3-5-11-17/h3-5,10-11,15-16,18H,6-9,12-14,22H2,1-2H3,(H-,26,27,28,29)/p+1/t15-,16+,18?,23?/m1/s1. The van der Waals surface area contributed by atoms with Crippen LogP contribution in [0, 0.1) is 0 Å². The lowest BCUT2D eigenvalue weighted by Crippen LogP contribution is -2.62. The van der Waals surface area contributed by atoms with Gasteiger partial charge in [0, 0.05) is 12.8 Å². The number of amides is 2. The molecule has 5 atom stereocenters. The summed E-state index contributed by atoms with van der Waals surface area (Å²) in [5.74, 6) is -3.16. The molecule has 0 spiro atoms. The van der Waals surface area contributed by atoms with E-state index in [2.05, 4.69) is 0 Å². The molecule has 1 aliphatic rings. The second-order valence-electron chi connectivity index (χ2n) is 8.02. The molecule has 0 radical (unpaired) electrons. The van der Waals surface area contributed by atoms with Crippen molar-refractivity contribution in [3.8, 4) is 0 Å². The highest BCUT2D eigenvalue weighted by Crippen LogP contribution is 2.50. The number of nitrogens with zero attached hydrogens (tertiary/aromatic N) is 1. The predicted molar refractivity (Wildman–Crippen MR) is 116 cm³/mol. The van der Waals surface area contributed by atoms with E-state index in [-0.39, 0.29) is 18.5 Å². The number of nitrogens with two attached hydrogens (primary N) is 1. The summed E-state index contributed by atoms with van der Waals surface area (Å²) in [6.45, 7) is 3.29. The highest BCUT2D eigenvalue weighted by Gasteiger charge is 2.56. The Hall–Kier alpha value is -2.10. The second-order valence-corrected chi connectivity index (χ2v) is 10.1. The highest BCUT2D eigenvalue weighted by atomic mass is 31.2. The maximum Gasteiger partial charge on any atom is 0.521 e. The number of hydrogen-bond donors (Lipinski definition) is 3. The van der Waals surface area contributed by atoms with E-state index >= 15 is 0 Å². The number of carbonyl (C=O) groups excluding carboxylic acids is 2. The van der Waals surface area contributed by atoms with Gasteiger partial charge in [-0.3, -0.25) is 9.09 Å². The maximum absolute atomic E-state index is 13.4. The Morgan fingerprint density at radius 1 is 1.25 bits per heavy atom. The van der Waals surface area contributed by atoms with E-state index in [1.54, 1.807) is 25.1 Å². The zero-order chi connectivity index (χ0) is 23.9. The smallest absolute Gasteiger partial charge is 0.446 e. The van der Waals surface area contributed by atoms with Crippen LogP contribution in [0.1, 0.15) is 56.3 Å². The van der Waals surface area contributed by atoms with Gasteiger partial charge in [0.05, 0.1) is 12.1 Å². The summed E-state index contributed by atoms with van der Waals surface area (Å²) in [5, 5.41) is 9.85. The molecular weight excluding hydrogens is 439 g/mol. The molecule has 2 amide bonds. The molecule has 32 heavy (non-hydrogen) atoms. The molecule has 4 N–H and O–H groups in total. The van der Waals surface area contributed by atoms with Gasteiger partial charge in [-0.05, 0) is 51.8 Å². The Morgan fingerprint density at radius 2 is 1.91 bits per heavy atom. The van der Waals surface area contributed by atoms with Crippen molar-refractivity contribution in [1.82, 2.24) is 0 Å². The molecule has 1 aliphatic heterocycles. The van der Waals surface area contributed by atoms with Gasteiger partial charge in [-0.25, -0.2) is 9.59 Å². The third-order valence-electron chi connectivity index (χ3n) is 5.84. The first-order chi connectivity index (χ1) is 15.1. The molecule has 1 saturated heterocycles. The van der Waals surface area contributed by atoms with Crippen molar-refractivity contribution in [1.29, 1.82) is 0 Å². The number of quaternary nitrogens is 1. The van der Waals surface area contributed by atoms with Gasteiger partial charge in [0.25, 0.3) is 0 Å². The van der Waals surface area contributed by atoms with Crippen molar-refractivity contribution in [2.75, 3.05) is 13.1 Å². The number of ether oxygens (including phenoxy) is 1. The van der Waals surface area contributed by atoms with Gasteiger partial charge >= 0.3 is 25.6 Å². The van der Waals surface area contributed by atoms with Crippen LogP contribution < -0.4 is 5.73 Å². The van der Waals surface area contributed by atoms with Crippen LogP contribution in [0.2, 0.25) is 0 Å². The number of unbranched alkanes of at least 4 members (excludes halogenated alkanes) is 1. The first-order valence-corrected chi connectivity index (χ1v) is 12.3. The Morgan fingerprint density at radius 3 is 2.44 bits per heavy atom. The van der Waals surface area contributed by atoms with Crippen LogP contribution in [0.5, 0.6) is 0 Å². The highest BCUT2D eigenvalue weighted by molar-refractivity contribution is 7.53. The van der Waals surface area contributed by atoms with Crippen LogP contribution in [0.3, 0.4) is 0 Å². The maximum atomic E-state index is 13.4. The van der Waals surface area contributed by atoms with Gasteiger partial charge in [0.1, 0.15) is 6.04 Å². The normalized spacial score (nSPS) is 24.3. The molecule has 178 valence electrons. The molecule has 1 heterocycles. The summed E-state index contributed by atoms with van der Waals surface area (Å²) in [6, 6.07) is 7.44. The molecular formula is C21H32N2O8P+. The molecule has 1 aromatic carbocycles. The van der Waals surface area contributed by atoms with Crippen molar-refractivity contribution in [2.45, 2.75) is 63.9 Å². The molecule has 10 nitrogen and oxygen atoms in total. The van der Waals surface area contributed by atoms with E-state index in [0.29, 0.717) is 32.2 Å². The van der Waals surface area contributed by atoms with E-state index in [1.807, 2.05) is 0 Å². The van der Waals surface area contributed by atoms with Crippen molar-refractivity contribution in [2.24, 2.45) is 5.73 Å². The second kappa shape index (κ2) is 11.2. The van der Waals surface area contributed by atoms with E-state index in [0.717, 1.165) is 0 Å². The average Bonchev–Trinajstić information content (AvgIpc) is 3.15. The van der Waals surface area contributed by atoms with Crippen LogP contribution in [0.15, 0.2) is 30.3 Å². The van der Waals surface area contributed by atoms with Gasteiger partial charge in [-0.2, -0.15) is 9.28 Å². The van der Waals surface area contributed by atoms with Crippen molar-refractivity contribution in [3.05, 3.63) is 35.9 Å². The lowest BCUT2D eigenvalue weighted by molar-refractivity contribution is -0.794. The van der Waals surface area contributed by atoms with Crippen LogP contribution in [0.4, 0.5) is 4.79 Å². The Labute approximate surface area is 187 Å². The SMILES string of the molecule is C[C@@H]1CCC[N+]1(C(=O)O)C(=O)C(CCCCN)OP(=O)(O)[C@@H](C)OC(=O)c1ccccc1. The third kappa shape index (κ3) is 5.82. The fourth-order valence-corrected chi connectivity index (χ4v) is 4.83. The number of benzene rings is 1. The van der Waals surface area contributed by atoms with Crippen molar-refractivity contribution in [3.63, 3.8) is 0 Å². The molecule has 11 heteroatoms. The molecule has 1 aromatic rings. The number of imide groups is 1. The Balaban J connectivity index is 2.22. The average molecular weight is 471 g/mol. The first kappa shape index (κ1) is 26.2. The largest absolute Gasteiger partial charge is 0.521 e. The number of likely N-dealkylation sites (tertiary alicyclic amines) is 1. The Bertz CT molecular complexity index is 865. The number of rotatable bonds is 10. The minimum Gasteiger partial charge on any atom is -0.446 e. The van der Waals surface area contributed by atoms with E-state index < -0.39 is 48.0 Å². The first-order valence-electron chi connectivity index (χ1n) is 10.7. The van der Waals surface area contributed by atoms with Gasteiger partial charge in [-0.1, -0.05) is 18.2 Å². The summed E-state index contributed by atoms with van der Waals surface area (Å²) in [7, 11) is -4.63. The monoisotopic (exact) mass is 471 g/mol. The molecule has 0 aromatic heterocycles. The van der Waals surface area contributed by atoms with E-state index in [1.165, 1.54) is 19.1 Å². The predicted octanol–water partition coefficient (Wildman–Crippen LogP) is 3.09. The lowest BCUT2D eigenvalue weighted by atomic mass is 10.1. The lowest BCUT2D eigenvalue weighted by Gasteiger charge is -2.33.